The van der Waals surface area contributed by atoms with Gasteiger partial charge in [-0.25, -0.2) is 9.37 Å². The molecular formula is C17H17ClFN3O. The van der Waals surface area contributed by atoms with Crippen LogP contribution in [0.15, 0.2) is 30.5 Å². The topological polar surface area (TPSA) is 54.0 Å². The summed E-state index contributed by atoms with van der Waals surface area (Å²) >= 11 is 5.86. The van der Waals surface area contributed by atoms with Crippen molar-refractivity contribution in [2.45, 2.75) is 25.7 Å². The third-order valence-electron chi connectivity index (χ3n) is 4.12. The maximum absolute atomic E-state index is 13.2. The van der Waals surface area contributed by atoms with Crippen molar-refractivity contribution in [1.82, 2.24) is 4.98 Å². The van der Waals surface area contributed by atoms with Crippen molar-refractivity contribution in [2.75, 3.05) is 17.2 Å². The Morgan fingerprint density at radius 2 is 2.17 bits per heavy atom. The fourth-order valence-electron chi connectivity index (χ4n) is 2.78. The third-order valence-corrected chi connectivity index (χ3v) is 4.42. The SMILES string of the molecule is CC1(C)CCNc2cc(NC(=O)c3cc(F)cnc3Cl)ccc21. The molecule has 3 rings (SSSR count). The molecule has 23 heavy (non-hydrogen) atoms. The number of aromatic nitrogens is 1. The summed E-state index contributed by atoms with van der Waals surface area (Å²) in [6.45, 7) is 5.28. The second-order valence-electron chi connectivity index (χ2n) is 6.27. The molecular weight excluding hydrogens is 317 g/mol. The molecule has 6 heteroatoms. The summed E-state index contributed by atoms with van der Waals surface area (Å²) in [6.07, 6.45) is 2.03. The van der Waals surface area contributed by atoms with Crippen molar-refractivity contribution in [3.05, 3.63) is 52.6 Å². The number of pyridine rings is 1. The Balaban J connectivity index is 1.86. The molecule has 1 amide bonds. The Hall–Kier alpha value is -2.14. The average molecular weight is 334 g/mol. The lowest BCUT2D eigenvalue weighted by molar-refractivity contribution is 0.102. The smallest absolute Gasteiger partial charge is 0.258 e. The Labute approximate surface area is 139 Å². The van der Waals surface area contributed by atoms with Crippen LogP contribution >= 0.6 is 11.6 Å². The van der Waals surface area contributed by atoms with E-state index < -0.39 is 11.7 Å². The van der Waals surface area contributed by atoms with Crippen LogP contribution in [0.2, 0.25) is 5.15 Å². The molecule has 0 aliphatic carbocycles. The Bertz CT molecular complexity index is 776. The molecule has 0 spiro atoms. The molecule has 0 unspecified atom stereocenters. The fraction of sp³-hybridized carbons (Fsp3) is 0.294. The van der Waals surface area contributed by atoms with Crippen molar-refractivity contribution < 1.29 is 9.18 Å². The number of anilines is 2. The molecule has 2 N–H and O–H groups in total. The van der Waals surface area contributed by atoms with Gasteiger partial charge in [-0.15, -0.1) is 0 Å². The van der Waals surface area contributed by atoms with Crippen molar-refractivity contribution in [2.24, 2.45) is 0 Å². The summed E-state index contributed by atoms with van der Waals surface area (Å²) in [4.78, 5) is 15.9. The first-order valence-corrected chi connectivity index (χ1v) is 7.75. The maximum atomic E-state index is 13.2. The van der Waals surface area contributed by atoms with E-state index in [0.717, 1.165) is 30.9 Å². The third kappa shape index (κ3) is 3.15. The lowest BCUT2D eigenvalue weighted by atomic mass is 9.78. The molecule has 0 saturated heterocycles. The first-order valence-electron chi connectivity index (χ1n) is 7.38. The van der Waals surface area contributed by atoms with Crippen LogP contribution in [0.3, 0.4) is 0 Å². The molecule has 120 valence electrons. The number of nitrogens with zero attached hydrogens (tertiary/aromatic N) is 1. The quantitative estimate of drug-likeness (QED) is 0.809. The molecule has 0 atom stereocenters. The van der Waals surface area contributed by atoms with Crippen LogP contribution in [0.25, 0.3) is 0 Å². The standard InChI is InChI=1S/C17H17ClFN3O/c1-17(2)5-6-20-14-8-11(3-4-13(14)17)22-16(23)12-7-10(19)9-21-15(12)18/h3-4,7-9,20H,5-6H2,1-2H3,(H,22,23). The van der Waals surface area contributed by atoms with Gasteiger partial charge < -0.3 is 10.6 Å². The van der Waals surface area contributed by atoms with E-state index in [1.807, 2.05) is 18.2 Å². The number of hydrogen-bond acceptors (Lipinski definition) is 3. The van der Waals surface area contributed by atoms with Crippen molar-refractivity contribution in [3.8, 4) is 0 Å². The summed E-state index contributed by atoms with van der Waals surface area (Å²) in [7, 11) is 0. The fourth-order valence-corrected chi connectivity index (χ4v) is 2.97. The van der Waals surface area contributed by atoms with Gasteiger partial charge in [0, 0.05) is 17.9 Å². The predicted molar refractivity (Wildman–Crippen MR) is 89.7 cm³/mol. The number of carbonyl (C=O) groups excluding carboxylic acids is 1. The van der Waals surface area contributed by atoms with Gasteiger partial charge in [-0.3, -0.25) is 4.79 Å². The first kappa shape index (κ1) is 15.7. The molecule has 1 aromatic carbocycles. The van der Waals surface area contributed by atoms with E-state index in [4.69, 9.17) is 11.6 Å². The summed E-state index contributed by atoms with van der Waals surface area (Å²) in [6, 6.07) is 6.80. The highest BCUT2D eigenvalue weighted by molar-refractivity contribution is 6.33. The van der Waals surface area contributed by atoms with E-state index in [2.05, 4.69) is 29.5 Å². The van der Waals surface area contributed by atoms with Crippen molar-refractivity contribution in [3.63, 3.8) is 0 Å². The Kier molecular flexibility index (Phi) is 3.98. The molecule has 2 aromatic rings. The van der Waals surface area contributed by atoms with E-state index in [9.17, 15) is 9.18 Å². The molecule has 2 heterocycles. The van der Waals surface area contributed by atoms with E-state index in [1.165, 1.54) is 5.56 Å². The van der Waals surface area contributed by atoms with Crippen LogP contribution < -0.4 is 10.6 Å². The molecule has 1 aliphatic rings. The molecule has 0 saturated carbocycles. The van der Waals surface area contributed by atoms with Crippen LogP contribution in [0.4, 0.5) is 15.8 Å². The zero-order valence-electron chi connectivity index (χ0n) is 12.9. The van der Waals surface area contributed by atoms with Gasteiger partial charge in [0.05, 0.1) is 11.8 Å². The van der Waals surface area contributed by atoms with Gasteiger partial charge in [-0.2, -0.15) is 0 Å². The second-order valence-corrected chi connectivity index (χ2v) is 6.63. The summed E-state index contributed by atoms with van der Waals surface area (Å²) < 4.78 is 13.2. The minimum absolute atomic E-state index is 0.0117. The van der Waals surface area contributed by atoms with Gasteiger partial charge in [-0.1, -0.05) is 31.5 Å². The molecule has 1 aliphatic heterocycles. The van der Waals surface area contributed by atoms with Gasteiger partial charge in [0.25, 0.3) is 5.91 Å². The number of nitrogens with one attached hydrogen (secondary N) is 2. The zero-order chi connectivity index (χ0) is 16.6. The van der Waals surface area contributed by atoms with Gasteiger partial charge >= 0.3 is 0 Å². The van der Waals surface area contributed by atoms with Crippen LogP contribution in [-0.4, -0.2) is 17.4 Å². The number of hydrogen-bond donors (Lipinski definition) is 2. The van der Waals surface area contributed by atoms with Crippen LogP contribution in [0.1, 0.15) is 36.2 Å². The molecule has 0 bridgehead atoms. The normalized spacial score (nSPS) is 15.5. The van der Waals surface area contributed by atoms with Gasteiger partial charge in [0.15, 0.2) is 0 Å². The lowest BCUT2D eigenvalue weighted by Gasteiger charge is -2.33. The largest absolute Gasteiger partial charge is 0.385 e. The number of benzene rings is 1. The maximum Gasteiger partial charge on any atom is 0.258 e. The van der Waals surface area contributed by atoms with E-state index in [1.54, 1.807) is 0 Å². The number of rotatable bonds is 2. The van der Waals surface area contributed by atoms with E-state index in [-0.39, 0.29) is 16.1 Å². The summed E-state index contributed by atoms with van der Waals surface area (Å²) in [5.74, 6) is -1.09. The molecule has 0 radical (unpaired) electrons. The highest BCUT2D eigenvalue weighted by atomic mass is 35.5. The number of amides is 1. The summed E-state index contributed by atoms with van der Waals surface area (Å²) in [5.41, 5.74) is 2.95. The molecule has 0 fully saturated rings. The van der Waals surface area contributed by atoms with Gasteiger partial charge in [-0.05, 0) is 35.6 Å². The highest BCUT2D eigenvalue weighted by Crippen LogP contribution is 2.37. The second kappa shape index (κ2) is 5.81. The minimum atomic E-state index is -0.603. The predicted octanol–water partition coefficient (Wildman–Crippen LogP) is 4.22. The highest BCUT2D eigenvalue weighted by Gasteiger charge is 2.27. The Morgan fingerprint density at radius 1 is 1.39 bits per heavy atom. The van der Waals surface area contributed by atoms with Gasteiger partial charge in [0.1, 0.15) is 11.0 Å². The van der Waals surface area contributed by atoms with Crippen molar-refractivity contribution >= 4 is 28.9 Å². The van der Waals surface area contributed by atoms with E-state index in [0.29, 0.717) is 5.69 Å². The molecule has 1 aromatic heterocycles. The van der Waals surface area contributed by atoms with Gasteiger partial charge in [0.2, 0.25) is 0 Å². The summed E-state index contributed by atoms with van der Waals surface area (Å²) in [5, 5.41) is 6.05. The lowest BCUT2D eigenvalue weighted by Crippen LogP contribution is -2.28. The van der Waals surface area contributed by atoms with Crippen LogP contribution in [0.5, 0.6) is 0 Å². The minimum Gasteiger partial charge on any atom is -0.385 e. The monoisotopic (exact) mass is 333 g/mol. The number of halogens is 2. The Morgan fingerprint density at radius 3 is 2.96 bits per heavy atom. The van der Waals surface area contributed by atoms with E-state index >= 15 is 0 Å². The van der Waals surface area contributed by atoms with Crippen molar-refractivity contribution in [1.29, 1.82) is 0 Å². The van der Waals surface area contributed by atoms with Crippen LogP contribution in [0, 0.1) is 5.82 Å². The zero-order valence-corrected chi connectivity index (χ0v) is 13.7. The number of fused-ring (bicyclic) bond motifs is 1. The molecule has 4 nitrogen and oxygen atoms in total. The number of carbonyl (C=O) groups is 1. The van der Waals surface area contributed by atoms with Crippen LogP contribution in [-0.2, 0) is 5.41 Å². The first-order chi connectivity index (χ1) is 10.9. The average Bonchev–Trinajstić information content (AvgIpc) is 2.49.